The van der Waals surface area contributed by atoms with E-state index in [1.54, 1.807) is 23.6 Å². The molecule has 7 heteroatoms. The van der Waals surface area contributed by atoms with Crippen molar-refractivity contribution >= 4 is 22.4 Å². The highest BCUT2D eigenvalue weighted by atomic mass is 32.1. The average Bonchev–Trinajstić information content (AvgIpc) is 2.95. The Morgan fingerprint density at radius 1 is 1.43 bits per heavy atom. The van der Waals surface area contributed by atoms with E-state index in [9.17, 15) is 4.79 Å². The third-order valence-electron chi connectivity index (χ3n) is 3.95. The Balaban J connectivity index is 1.36. The van der Waals surface area contributed by atoms with Crippen molar-refractivity contribution in [3.8, 4) is 0 Å². The third-order valence-corrected chi connectivity index (χ3v) is 4.79. The molecule has 1 saturated carbocycles. The summed E-state index contributed by atoms with van der Waals surface area (Å²) < 4.78 is 5.22. The first kappa shape index (κ1) is 12.8. The molecule has 0 bridgehead atoms. The minimum atomic E-state index is -0.142. The maximum Gasteiger partial charge on any atom is 0.273 e. The van der Waals surface area contributed by atoms with Crippen LogP contribution in [0.15, 0.2) is 22.2 Å². The summed E-state index contributed by atoms with van der Waals surface area (Å²) in [5, 5.41) is 9.90. The van der Waals surface area contributed by atoms with E-state index >= 15 is 0 Å². The van der Waals surface area contributed by atoms with Crippen LogP contribution in [0.2, 0.25) is 0 Å². The fourth-order valence-corrected chi connectivity index (χ4v) is 3.32. The van der Waals surface area contributed by atoms with Crippen LogP contribution in [-0.4, -0.2) is 35.2 Å². The van der Waals surface area contributed by atoms with Gasteiger partial charge in [-0.1, -0.05) is 5.16 Å². The monoisotopic (exact) mass is 304 g/mol. The Bertz CT molecular complexity index is 635. The normalized spacial score (nSPS) is 21.7. The lowest BCUT2D eigenvalue weighted by molar-refractivity contribution is 0.0931. The lowest BCUT2D eigenvalue weighted by Gasteiger charge is -2.15. The van der Waals surface area contributed by atoms with E-state index in [4.69, 9.17) is 4.52 Å². The van der Waals surface area contributed by atoms with E-state index in [1.165, 1.54) is 0 Å². The number of nitrogens with one attached hydrogen (secondary N) is 1. The molecule has 110 valence electrons. The molecule has 1 atom stereocenters. The van der Waals surface area contributed by atoms with Gasteiger partial charge in [0.2, 0.25) is 0 Å². The molecule has 0 radical (unpaired) electrons. The summed E-state index contributed by atoms with van der Waals surface area (Å²) in [6.45, 7) is 1.72. The summed E-state index contributed by atoms with van der Waals surface area (Å²) in [5.41, 5.74) is 0.393. The Hall–Kier alpha value is -1.89. The number of carbonyl (C=O) groups is 1. The maximum absolute atomic E-state index is 12.2. The van der Waals surface area contributed by atoms with E-state index < -0.39 is 0 Å². The maximum atomic E-state index is 12.2. The van der Waals surface area contributed by atoms with Crippen LogP contribution in [-0.2, 0) is 0 Å². The molecule has 1 saturated heterocycles. The number of anilines is 1. The topological polar surface area (TPSA) is 71.3 Å². The molecule has 3 heterocycles. The zero-order chi connectivity index (χ0) is 14.2. The highest BCUT2D eigenvalue weighted by molar-refractivity contribution is 7.13. The van der Waals surface area contributed by atoms with E-state index in [0.717, 1.165) is 43.2 Å². The van der Waals surface area contributed by atoms with E-state index in [0.29, 0.717) is 11.6 Å². The van der Waals surface area contributed by atoms with E-state index in [2.05, 4.69) is 20.4 Å². The van der Waals surface area contributed by atoms with Crippen molar-refractivity contribution in [1.29, 1.82) is 0 Å². The lowest BCUT2D eigenvalue weighted by atomic mass is 10.2. The van der Waals surface area contributed by atoms with Crippen molar-refractivity contribution in [2.24, 2.45) is 0 Å². The molecule has 2 aliphatic rings. The predicted octanol–water partition coefficient (Wildman–Crippen LogP) is 2.02. The molecular formula is C14H16N4O2S. The highest BCUT2D eigenvalue weighted by Gasteiger charge is 2.30. The molecule has 1 unspecified atom stereocenters. The van der Waals surface area contributed by atoms with Gasteiger partial charge in [0, 0.05) is 42.7 Å². The number of hydrogen-bond donors (Lipinski definition) is 1. The van der Waals surface area contributed by atoms with Crippen LogP contribution >= 0.6 is 11.3 Å². The molecule has 1 aliphatic heterocycles. The fraction of sp³-hybridized carbons (Fsp3) is 0.500. The minimum Gasteiger partial charge on any atom is -0.360 e. The standard InChI is InChI=1S/C14H16N4O2S/c19-13(11-7-12(20-17-11)9-1-2-9)16-10-3-5-18(8-10)14-15-4-6-21-14/h4,6-7,9-10H,1-3,5,8H2,(H,16,19). The number of rotatable bonds is 4. The first-order chi connectivity index (χ1) is 10.3. The van der Waals surface area contributed by atoms with Crippen LogP contribution < -0.4 is 10.2 Å². The lowest BCUT2D eigenvalue weighted by Crippen LogP contribution is -2.37. The molecule has 0 aromatic carbocycles. The largest absolute Gasteiger partial charge is 0.360 e. The van der Waals surface area contributed by atoms with Gasteiger partial charge in [0.05, 0.1) is 0 Å². The third kappa shape index (κ3) is 2.65. The van der Waals surface area contributed by atoms with Crippen LogP contribution in [0.25, 0.3) is 0 Å². The smallest absolute Gasteiger partial charge is 0.273 e. The summed E-state index contributed by atoms with van der Waals surface area (Å²) in [6, 6.07) is 1.92. The predicted molar refractivity (Wildman–Crippen MR) is 78.7 cm³/mol. The number of hydrogen-bond acceptors (Lipinski definition) is 6. The summed E-state index contributed by atoms with van der Waals surface area (Å²) in [4.78, 5) is 18.7. The molecule has 4 rings (SSSR count). The minimum absolute atomic E-state index is 0.141. The summed E-state index contributed by atoms with van der Waals surface area (Å²) in [5.74, 6) is 1.18. The van der Waals surface area contributed by atoms with E-state index in [-0.39, 0.29) is 11.9 Å². The van der Waals surface area contributed by atoms with Crippen LogP contribution in [0.4, 0.5) is 5.13 Å². The number of amides is 1. The van der Waals surface area contributed by atoms with E-state index in [1.807, 2.05) is 5.38 Å². The van der Waals surface area contributed by atoms with Crippen LogP contribution in [0, 0.1) is 0 Å². The zero-order valence-electron chi connectivity index (χ0n) is 11.5. The van der Waals surface area contributed by atoms with Crippen molar-refractivity contribution < 1.29 is 9.32 Å². The molecule has 2 fully saturated rings. The number of thiazole rings is 1. The second kappa shape index (κ2) is 5.14. The zero-order valence-corrected chi connectivity index (χ0v) is 12.3. The summed E-state index contributed by atoms with van der Waals surface area (Å²) in [6.07, 6.45) is 5.02. The van der Waals surface area contributed by atoms with Crippen LogP contribution in [0.5, 0.6) is 0 Å². The van der Waals surface area contributed by atoms with Crippen molar-refractivity contribution in [2.45, 2.75) is 31.2 Å². The van der Waals surface area contributed by atoms with Crippen LogP contribution in [0.3, 0.4) is 0 Å². The van der Waals surface area contributed by atoms with Gasteiger partial charge in [-0.2, -0.15) is 0 Å². The average molecular weight is 304 g/mol. The first-order valence-electron chi connectivity index (χ1n) is 7.21. The van der Waals surface area contributed by atoms with Crippen LogP contribution in [0.1, 0.15) is 41.4 Å². The summed E-state index contributed by atoms with van der Waals surface area (Å²) in [7, 11) is 0. The highest BCUT2D eigenvalue weighted by Crippen LogP contribution is 2.40. The van der Waals surface area contributed by atoms with Gasteiger partial charge in [-0.25, -0.2) is 4.98 Å². The van der Waals surface area contributed by atoms with Crippen molar-refractivity contribution in [3.63, 3.8) is 0 Å². The van der Waals surface area contributed by atoms with Gasteiger partial charge in [-0.3, -0.25) is 4.79 Å². The Kier molecular flexibility index (Phi) is 3.14. The number of aromatic nitrogens is 2. The molecule has 21 heavy (non-hydrogen) atoms. The van der Waals surface area contributed by atoms with Gasteiger partial charge in [0.1, 0.15) is 5.76 Å². The molecule has 0 spiro atoms. The molecule has 2 aromatic heterocycles. The molecule has 2 aromatic rings. The van der Waals surface area contributed by atoms with Crippen molar-refractivity contribution in [3.05, 3.63) is 29.1 Å². The van der Waals surface area contributed by atoms with Gasteiger partial charge >= 0.3 is 0 Å². The van der Waals surface area contributed by atoms with Gasteiger partial charge in [0.15, 0.2) is 10.8 Å². The van der Waals surface area contributed by atoms with Gasteiger partial charge in [-0.05, 0) is 19.3 Å². The summed E-state index contributed by atoms with van der Waals surface area (Å²) >= 11 is 1.63. The van der Waals surface area contributed by atoms with Crippen molar-refractivity contribution in [1.82, 2.24) is 15.5 Å². The molecule has 6 nitrogen and oxygen atoms in total. The van der Waals surface area contributed by atoms with Gasteiger partial charge in [0.25, 0.3) is 5.91 Å². The molecular weight excluding hydrogens is 288 g/mol. The first-order valence-corrected chi connectivity index (χ1v) is 8.09. The second-order valence-corrected chi connectivity index (χ2v) is 6.48. The van der Waals surface area contributed by atoms with Gasteiger partial charge in [-0.15, -0.1) is 11.3 Å². The Morgan fingerprint density at radius 3 is 3.10 bits per heavy atom. The Morgan fingerprint density at radius 2 is 2.33 bits per heavy atom. The fourth-order valence-electron chi connectivity index (χ4n) is 2.64. The Labute approximate surface area is 126 Å². The second-order valence-electron chi connectivity index (χ2n) is 5.61. The van der Waals surface area contributed by atoms with Crippen molar-refractivity contribution in [2.75, 3.05) is 18.0 Å². The quantitative estimate of drug-likeness (QED) is 0.935. The number of nitrogens with zero attached hydrogens (tertiary/aromatic N) is 3. The molecule has 1 N–H and O–H groups in total. The molecule has 1 aliphatic carbocycles. The molecule has 1 amide bonds. The SMILES string of the molecule is O=C(NC1CCN(c2nccs2)C1)c1cc(C2CC2)on1. The number of carbonyl (C=O) groups excluding carboxylic acids is 1. The van der Waals surface area contributed by atoms with Gasteiger partial charge < -0.3 is 14.7 Å².